The third-order valence-electron chi connectivity index (χ3n) is 3.09. The van der Waals surface area contributed by atoms with Crippen LogP contribution in [0.3, 0.4) is 0 Å². The molecule has 1 unspecified atom stereocenters. The summed E-state index contributed by atoms with van der Waals surface area (Å²) in [4.78, 5) is 1.27. The van der Waals surface area contributed by atoms with E-state index in [1.807, 2.05) is 23.9 Å². The summed E-state index contributed by atoms with van der Waals surface area (Å²) in [6.45, 7) is 0.717. The molecule has 0 aliphatic carbocycles. The summed E-state index contributed by atoms with van der Waals surface area (Å²) in [6, 6.07) is 6.28. The van der Waals surface area contributed by atoms with Crippen LogP contribution < -0.4 is 5.32 Å². The number of sulfone groups is 1. The van der Waals surface area contributed by atoms with Crippen LogP contribution in [-0.2, 0) is 9.84 Å². The van der Waals surface area contributed by atoms with E-state index in [-0.39, 0.29) is 11.8 Å². The van der Waals surface area contributed by atoms with Gasteiger partial charge in [0.1, 0.15) is 9.84 Å². The highest BCUT2D eigenvalue weighted by molar-refractivity contribution is 7.99. The molecule has 1 heterocycles. The van der Waals surface area contributed by atoms with Crippen LogP contribution in [0.5, 0.6) is 0 Å². The monoisotopic (exact) mass is 319 g/mol. The van der Waals surface area contributed by atoms with Crippen LogP contribution in [0.4, 0.5) is 0 Å². The number of hydrogen-bond acceptors (Lipinski definition) is 4. The highest BCUT2D eigenvalue weighted by Gasteiger charge is 2.20. The highest BCUT2D eigenvalue weighted by atomic mass is 35.5. The van der Waals surface area contributed by atoms with E-state index in [0.29, 0.717) is 13.0 Å². The van der Waals surface area contributed by atoms with Gasteiger partial charge in [-0.1, -0.05) is 11.6 Å². The second-order valence-corrected chi connectivity index (χ2v) is 8.64. The predicted molar refractivity (Wildman–Crippen MR) is 81.9 cm³/mol. The second kappa shape index (κ2) is 6.48. The van der Waals surface area contributed by atoms with Gasteiger partial charge in [-0.05, 0) is 48.9 Å². The molecule has 1 aromatic rings. The number of thioether (sulfide) groups is 1. The number of nitrogens with one attached hydrogen (secondary N) is 1. The average molecular weight is 320 g/mol. The first-order valence-electron chi connectivity index (χ1n) is 6.29. The van der Waals surface area contributed by atoms with Gasteiger partial charge in [0.2, 0.25) is 0 Å². The van der Waals surface area contributed by atoms with E-state index in [9.17, 15) is 8.42 Å². The normalized spacial score (nSPS) is 19.2. The van der Waals surface area contributed by atoms with Crippen molar-refractivity contribution in [2.45, 2.75) is 23.8 Å². The topological polar surface area (TPSA) is 46.2 Å². The zero-order valence-electron chi connectivity index (χ0n) is 10.9. The fourth-order valence-corrected chi connectivity index (χ4v) is 4.14. The summed E-state index contributed by atoms with van der Waals surface area (Å²) in [5.41, 5.74) is 1.24. The molecule has 1 atom stereocenters. The number of fused-ring (bicyclic) bond motifs is 1. The van der Waals surface area contributed by atoms with Gasteiger partial charge in [-0.15, -0.1) is 11.8 Å². The maximum absolute atomic E-state index is 11.1. The van der Waals surface area contributed by atoms with Crippen molar-refractivity contribution in [2.75, 3.05) is 24.3 Å². The molecule has 0 fully saturated rings. The van der Waals surface area contributed by atoms with Gasteiger partial charge in [0, 0.05) is 22.2 Å². The van der Waals surface area contributed by atoms with Gasteiger partial charge in [0.05, 0.1) is 5.75 Å². The van der Waals surface area contributed by atoms with Crippen molar-refractivity contribution in [2.24, 2.45) is 0 Å². The van der Waals surface area contributed by atoms with Crippen LogP contribution in [0.15, 0.2) is 23.1 Å². The van der Waals surface area contributed by atoms with Crippen molar-refractivity contribution in [3.63, 3.8) is 0 Å². The van der Waals surface area contributed by atoms with E-state index in [1.165, 1.54) is 16.7 Å². The molecule has 0 spiro atoms. The molecule has 1 aliphatic heterocycles. The van der Waals surface area contributed by atoms with E-state index < -0.39 is 9.84 Å². The highest BCUT2D eigenvalue weighted by Crippen LogP contribution is 2.37. The number of halogens is 1. The van der Waals surface area contributed by atoms with Gasteiger partial charge in [0.15, 0.2) is 0 Å². The molecular weight excluding hydrogens is 302 g/mol. The van der Waals surface area contributed by atoms with Crippen molar-refractivity contribution < 1.29 is 8.42 Å². The van der Waals surface area contributed by atoms with Crippen LogP contribution in [-0.4, -0.2) is 32.7 Å². The van der Waals surface area contributed by atoms with Crippen LogP contribution in [0.1, 0.15) is 24.4 Å². The molecule has 1 aromatic carbocycles. The summed E-state index contributed by atoms with van der Waals surface area (Å²) in [5.74, 6) is 1.32. The average Bonchev–Trinajstić information content (AvgIpc) is 2.33. The standard InChI is InChI=1S/C13H18ClNO2S2/c1-19(16,17)8-2-6-15-12-5-7-18-13-4-3-10(14)9-11(12)13/h3-4,9,12,15H,2,5-8H2,1H3. The van der Waals surface area contributed by atoms with Gasteiger partial charge in [-0.25, -0.2) is 8.42 Å². The summed E-state index contributed by atoms with van der Waals surface area (Å²) in [7, 11) is -2.86. The minimum Gasteiger partial charge on any atom is -0.310 e. The number of benzene rings is 1. The smallest absolute Gasteiger partial charge is 0.147 e. The third kappa shape index (κ3) is 4.67. The Labute approximate surface area is 124 Å². The van der Waals surface area contributed by atoms with Gasteiger partial charge >= 0.3 is 0 Å². The SMILES string of the molecule is CS(=O)(=O)CCCNC1CCSc2ccc(Cl)cc21. The number of hydrogen-bond donors (Lipinski definition) is 1. The Balaban J connectivity index is 1.94. The number of rotatable bonds is 5. The third-order valence-corrected chi connectivity index (χ3v) is 5.48. The maximum Gasteiger partial charge on any atom is 0.147 e. The first-order valence-corrected chi connectivity index (χ1v) is 9.71. The molecule has 1 aliphatic rings. The maximum atomic E-state index is 11.1. The Hall–Kier alpha value is -0.230. The molecule has 19 heavy (non-hydrogen) atoms. The van der Waals surface area contributed by atoms with Crippen LogP contribution in [0.25, 0.3) is 0 Å². The molecule has 3 nitrogen and oxygen atoms in total. The van der Waals surface area contributed by atoms with E-state index in [2.05, 4.69) is 11.4 Å². The molecule has 0 amide bonds. The zero-order chi connectivity index (χ0) is 13.9. The Morgan fingerprint density at radius 3 is 3.00 bits per heavy atom. The van der Waals surface area contributed by atoms with E-state index in [0.717, 1.165) is 17.2 Å². The quantitative estimate of drug-likeness (QED) is 0.848. The molecule has 2 rings (SSSR count). The summed E-state index contributed by atoms with van der Waals surface area (Å²) in [5, 5.41) is 4.20. The predicted octanol–water partition coefficient (Wildman–Crippen LogP) is 2.90. The van der Waals surface area contributed by atoms with Crippen LogP contribution in [0.2, 0.25) is 5.02 Å². The molecule has 1 N–H and O–H groups in total. The van der Waals surface area contributed by atoms with Gasteiger partial charge in [0.25, 0.3) is 0 Å². The lowest BCUT2D eigenvalue weighted by molar-refractivity contribution is 0.508. The zero-order valence-corrected chi connectivity index (χ0v) is 13.2. The molecule has 6 heteroatoms. The van der Waals surface area contributed by atoms with Crippen molar-refractivity contribution in [3.8, 4) is 0 Å². The minimum absolute atomic E-state index is 0.240. The largest absolute Gasteiger partial charge is 0.310 e. The van der Waals surface area contributed by atoms with Crippen molar-refractivity contribution >= 4 is 33.2 Å². The Morgan fingerprint density at radius 2 is 2.26 bits per heavy atom. The van der Waals surface area contributed by atoms with Gasteiger partial charge in [-0.2, -0.15) is 0 Å². The van der Waals surface area contributed by atoms with Gasteiger partial charge < -0.3 is 5.32 Å². The van der Waals surface area contributed by atoms with Gasteiger partial charge in [-0.3, -0.25) is 0 Å². The summed E-state index contributed by atoms with van der Waals surface area (Å²) >= 11 is 7.90. The first-order chi connectivity index (χ1) is 8.96. The summed E-state index contributed by atoms with van der Waals surface area (Å²) < 4.78 is 22.2. The molecule has 106 valence electrons. The Bertz CT molecular complexity index is 546. The van der Waals surface area contributed by atoms with Crippen molar-refractivity contribution in [1.29, 1.82) is 0 Å². The molecule has 0 aromatic heterocycles. The molecule has 0 bridgehead atoms. The Morgan fingerprint density at radius 1 is 1.47 bits per heavy atom. The Kier molecular flexibility index (Phi) is 5.17. The van der Waals surface area contributed by atoms with Crippen molar-refractivity contribution in [1.82, 2.24) is 5.32 Å². The van der Waals surface area contributed by atoms with E-state index >= 15 is 0 Å². The second-order valence-electron chi connectivity index (χ2n) is 4.81. The minimum atomic E-state index is -2.86. The van der Waals surface area contributed by atoms with E-state index in [4.69, 9.17) is 11.6 Å². The molecule has 0 radical (unpaired) electrons. The lowest BCUT2D eigenvalue weighted by atomic mass is 10.0. The molecular formula is C13H18ClNO2S2. The van der Waals surface area contributed by atoms with E-state index in [1.54, 1.807) is 0 Å². The van der Waals surface area contributed by atoms with Crippen LogP contribution >= 0.6 is 23.4 Å². The fourth-order valence-electron chi connectivity index (χ4n) is 2.19. The fraction of sp³-hybridized carbons (Fsp3) is 0.538. The lowest BCUT2D eigenvalue weighted by Crippen LogP contribution is -2.26. The first kappa shape index (κ1) is 15.2. The van der Waals surface area contributed by atoms with Crippen LogP contribution in [0, 0.1) is 0 Å². The molecule has 0 saturated heterocycles. The van der Waals surface area contributed by atoms with Crippen molar-refractivity contribution in [3.05, 3.63) is 28.8 Å². The summed E-state index contributed by atoms with van der Waals surface area (Å²) in [6.07, 6.45) is 2.98. The lowest BCUT2D eigenvalue weighted by Gasteiger charge is -2.26. The molecule has 0 saturated carbocycles.